The second-order valence-corrected chi connectivity index (χ2v) is 6.85. The van der Waals surface area contributed by atoms with Crippen LogP contribution >= 0.6 is 0 Å². The fourth-order valence-corrected chi connectivity index (χ4v) is 2.70. The Bertz CT molecular complexity index is 779. The topological polar surface area (TPSA) is 54.0 Å². The van der Waals surface area contributed by atoms with Gasteiger partial charge < -0.3 is 18.9 Å². The molecule has 3 rings (SSSR count). The summed E-state index contributed by atoms with van der Waals surface area (Å²) in [6.45, 7) is 7.79. The number of fused-ring (bicyclic) bond motifs is 1. The quantitative estimate of drug-likeness (QED) is 0.555. The normalized spacial score (nSPS) is 15.4. The number of benzene rings is 2. The molecule has 2 aromatic rings. The van der Waals surface area contributed by atoms with Crippen LogP contribution in [0.15, 0.2) is 42.5 Å². The molecule has 0 spiro atoms. The van der Waals surface area contributed by atoms with Gasteiger partial charge in [0.25, 0.3) is 0 Å². The molecule has 0 N–H and O–H groups in total. The largest absolute Gasteiger partial charge is 0.482 e. The first-order valence-electron chi connectivity index (χ1n) is 8.82. The van der Waals surface area contributed by atoms with E-state index < -0.39 is 11.8 Å². The minimum absolute atomic E-state index is 0.184. The first-order chi connectivity index (χ1) is 12.4. The molecule has 1 atom stereocenters. The Hall–Kier alpha value is -2.69. The highest BCUT2D eigenvalue weighted by molar-refractivity contribution is 5.74. The van der Waals surface area contributed by atoms with E-state index in [9.17, 15) is 4.79 Å². The summed E-state index contributed by atoms with van der Waals surface area (Å²) < 4.78 is 22.1. The van der Waals surface area contributed by atoms with Crippen LogP contribution in [-0.2, 0) is 4.79 Å². The van der Waals surface area contributed by atoms with Crippen molar-refractivity contribution in [2.75, 3.05) is 6.61 Å². The Morgan fingerprint density at radius 3 is 2.38 bits per heavy atom. The van der Waals surface area contributed by atoms with E-state index in [0.29, 0.717) is 28.9 Å². The van der Waals surface area contributed by atoms with Gasteiger partial charge in [0, 0.05) is 19.9 Å². The number of esters is 1. The molecule has 1 aliphatic heterocycles. The summed E-state index contributed by atoms with van der Waals surface area (Å²) in [4.78, 5) is 12.0. The molecule has 0 saturated heterocycles. The van der Waals surface area contributed by atoms with E-state index in [4.69, 9.17) is 18.9 Å². The molecular weight excluding hydrogens is 332 g/mol. The summed E-state index contributed by atoms with van der Waals surface area (Å²) in [6, 6.07) is 12.8. The predicted octanol–water partition coefficient (Wildman–Crippen LogP) is 4.69. The van der Waals surface area contributed by atoms with Crippen molar-refractivity contribution >= 4 is 5.97 Å². The second-order valence-electron chi connectivity index (χ2n) is 6.85. The van der Waals surface area contributed by atoms with E-state index >= 15 is 0 Å². The predicted molar refractivity (Wildman–Crippen MR) is 98.1 cm³/mol. The van der Waals surface area contributed by atoms with Crippen LogP contribution in [0.5, 0.6) is 23.0 Å². The van der Waals surface area contributed by atoms with Crippen molar-refractivity contribution in [1.82, 2.24) is 0 Å². The highest BCUT2D eigenvalue weighted by Crippen LogP contribution is 2.41. The zero-order valence-electron chi connectivity index (χ0n) is 15.6. The van der Waals surface area contributed by atoms with Gasteiger partial charge in [-0.1, -0.05) is 26.0 Å². The van der Waals surface area contributed by atoms with Crippen molar-refractivity contribution < 1.29 is 23.7 Å². The van der Waals surface area contributed by atoms with Crippen LogP contribution in [-0.4, -0.2) is 18.4 Å². The smallest absolute Gasteiger partial charge is 0.349 e. The van der Waals surface area contributed by atoms with E-state index in [-0.39, 0.29) is 6.61 Å². The molecule has 2 aromatic carbocycles. The van der Waals surface area contributed by atoms with Crippen LogP contribution in [0.1, 0.15) is 45.6 Å². The lowest BCUT2D eigenvalue weighted by molar-refractivity contribution is -0.136. The maximum absolute atomic E-state index is 12.0. The maximum Gasteiger partial charge on any atom is 0.349 e. The van der Waals surface area contributed by atoms with E-state index in [1.54, 1.807) is 18.2 Å². The summed E-state index contributed by atoms with van der Waals surface area (Å²) in [6.07, 6.45) is 1.07. The van der Waals surface area contributed by atoms with E-state index in [2.05, 4.69) is 13.8 Å². The molecule has 0 bridgehead atoms. The zero-order valence-corrected chi connectivity index (χ0v) is 15.6. The molecule has 1 heterocycles. The van der Waals surface area contributed by atoms with E-state index in [1.807, 2.05) is 38.1 Å². The number of carbonyl (C=O) groups excluding carboxylic acids is 1. The number of ether oxygens (including phenoxy) is 4. The average Bonchev–Trinajstić information content (AvgIpc) is 2.93. The summed E-state index contributed by atoms with van der Waals surface area (Å²) in [5, 5.41) is 0. The van der Waals surface area contributed by atoms with Gasteiger partial charge in [-0.2, -0.15) is 0 Å². The fraction of sp³-hybridized carbons (Fsp3) is 0.381. The van der Waals surface area contributed by atoms with E-state index in [1.165, 1.54) is 5.56 Å². The van der Waals surface area contributed by atoms with Gasteiger partial charge in [0.2, 0.25) is 5.79 Å². The Kier molecular flexibility index (Phi) is 5.07. The maximum atomic E-state index is 12.0. The Balaban J connectivity index is 1.53. The molecule has 5 heteroatoms. The lowest BCUT2D eigenvalue weighted by atomic mass is 9.99. The number of carbonyl (C=O) groups is 1. The van der Waals surface area contributed by atoms with Gasteiger partial charge in [0.1, 0.15) is 11.5 Å². The third-order valence-electron chi connectivity index (χ3n) is 4.28. The van der Waals surface area contributed by atoms with Gasteiger partial charge in [0.15, 0.2) is 18.1 Å². The Labute approximate surface area is 153 Å². The van der Waals surface area contributed by atoms with Crippen molar-refractivity contribution in [3.05, 3.63) is 48.0 Å². The molecule has 0 amide bonds. The van der Waals surface area contributed by atoms with Gasteiger partial charge in [-0.15, -0.1) is 0 Å². The molecule has 1 unspecified atom stereocenters. The first kappa shape index (κ1) is 18.1. The molecule has 138 valence electrons. The van der Waals surface area contributed by atoms with Crippen molar-refractivity contribution in [2.24, 2.45) is 0 Å². The number of rotatable bonds is 6. The minimum atomic E-state index is -0.693. The Morgan fingerprint density at radius 1 is 1.04 bits per heavy atom. The van der Waals surface area contributed by atoms with Crippen molar-refractivity contribution in [2.45, 2.75) is 45.8 Å². The van der Waals surface area contributed by atoms with Crippen LogP contribution in [0, 0.1) is 0 Å². The lowest BCUT2D eigenvalue weighted by Gasteiger charge is -2.16. The highest BCUT2D eigenvalue weighted by atomic mass is 16.7. The molecule has 0 aliphatic carbocycles. The molecule has 0 aromatic heterocycles. The highest BCUT2D eigenvalue weighted by Gasteiger charge is 2.31. The second kappa shape index (κ2) is 7.28. The molecule has 0 fully saturated rings. The van der Waals surface area contributed by atoms with Crippen LogP contribution in [0.2, 0.25) is 0 Å². The summed E-state index contributed by atoms with van der Waals surface area (Å²) in [7, 11) is 0. The van der Waals surface area contributed by atoms with Crippen LogP contribution in [0.4, 0.5) is 0 Å². The molecular formula is C21H24O5. The van der Waals surface area contributed by atoms with Crippen molar-refractivity contribution in [1.29, 1.82) is 0 Å². The van der Waals surface area contributed by atoms with Crippen LogP contribution in [0.3, 0.4) is 0 Å². The monoisotopic (exact) mass is 356 g/mol. The van der Waals surface area contributed by atoms with Crippen LogP contribution < -0.4 is 18.9 Å². The van der Waals surface area contributed by atoms with Gasteiger partial charge in [-0.3, -0.25) is 0 Å². The van der Waals surface area contributed by atoms with Gasteiger partial charge in [-0.05, 0) is 42.2 Å². The van der Waals surface area contributed by atoms with Gasteiger partial charge in [0.05, 0.1) is 0 Å². The van der Waals surface area contributed by atoms with Crippen LogP contribution in [0.25, 0.3) is 0 Å². The van der Waals surface area contributed by atoms with Gasteiger partial charge in [-0.25, -0.2) is 4.79 Å². The molecule has 0 radical (unpaired) electrons. The average molecular weight is 356 g/mol. The standard InChI is InChI=1S/C21H24O5/c1-5-14(2)15-6-8-16(9-7-15)24-20(22)13-23-17-10-11-18-19(12-17)26-21(3,4)25-18/h6-12,14H,5,13H2,1-4H3. The third kappa shape index (κ3) is 4.28. The fourth-order valence-electron chi connectivity index (χ4n) is 2.70. The third-order valence-corrected chi connectivity index (χ3v) is 4.28. The van der Waals surface area contributed by atoms with E-state index in [0.717, 1.165) is 6.42 Å². The molecule has 0 saturated carbocycles. The molecule has 26 heavy (non-hydrogen) atoms. The van der Waals surface area contributed by atoms with Crippen molar-refractivity contribution in [3.8, 4) is 23.0 Å². The SMILES string of the molecule is CCC(C)c1ccc(OC(=O)COc2ccc3c(c2)OC(C)(C)O3)cc1. The van der Waals surface area contributed by atoms with Crippen molar-refractivity contribution in [3.63, 3.8) is 0 Å². The molecule has 1 aliphatic rings. The molecule has 5 nitrogen and oxygen atoms in total. The Morgan fingerprint density at radius 2 is 1.69 bits per heavy atom. The zero-order chi connectivity index (χ0) is 18.7. The number of hydrogen-bond acceptors (Lipinski definition) is 5. The summed E-state index contributed by atoms with van der Waals surface area (Å²) in [5.41, 5.74) is 1.23. The summed E-state index contributed by atoms with van der Waals surface area (Å²) >= 11 is 0. The number of hydrogen-bond donors (Lipinski definition) is 0. The summed E-state index contributed by atoms with van der Waals surface area (Å²) in [5.74, 6) is 1.62. The minimum Gasteiger partial charge on any atom is -0.482 e. The first-order valence-corrected chi connectivity index (χ1v) is 8.82. The lowest BCUT2D eigenvalue weighted by Crippen LogP contribution is -2.29. The van der Waals surface area contributed by atoms with Gasteiger partial charge >= 0.3 is 5.97 Å².